The molecule has 4 aliphatic carbocycles. The smallest absolute Gasteiger partial charge is 0.187 e. The lowest BCUT2D eigenvalue weighted by Crippen LogP contribution is -2.65. The normalized spacial score (nSPS) is 51.8. The van der Waals surface area contributed by atoms with E-state index in [0.717, 1.165) is 18.4 Å². The Morgan fingerprint density at radius 1 is 0.517 bits per heavy atom. The molecular formula is C60H102O29. The summed E-state index contributed by atoms with van der Waals surface area (Å²) in [6.07, 6.45) is -37.4. The average Bonchev–Trinajstić information content (AvgIpc) is 1.66. The number of hydrogen-bond donors (Lipinski definition) is 19. The fourth-order valence-corrected chi connectivity index (χ4v) is 17.0. The Morgan fingerprint density at radius 3 is 1.45 bits per heavy atom. The quantitative estimate of drug-likeness (QED) is 0.0506. The first-order chi connectivity index (χ1) is 41.6. The van der Waals surface area contributed by atoms with Crippen LogP contribution in [0.1, 0.15) is 107 Å². The molecule has 0 bridgehead atoms. The highest BCUT2D eigenvalue weighted by molar-refractivity contribution is 5.32. The Balaban J connectivity index is 0.883. The number of allylic oxidation sites excluding steroid dienone is 1. The monoisotopic (exact) mass is 1290 g/mol. The first-order valence-corrected chi connectivity index (χ1v) is 31.6. The summed E-state index contributed by atoms with van der Waals surface area (Å²) in [6.45, 7) is 12.6. The van der Waals surface area contributed by atoms with Gasteiger partial charge in [-0.1, -0.05) is 53.2 Å². The SMILES string of the molecule is C[C@H](CC[C@@H](O[C@@H]1O[C@H](CO[C@@H]2O[C@H](CO)[C@@H](O)[C@H](O)[C@H]2O)[C@@H](O)[C@H](O)[C@H]1O[C@@H]1O[C@H](CO)[C@@H](O)[C@H](O)[C@H]1O)C(C)(C)O)[C@H]1CCC2(C)C3CC=C4C(CC[C@H](O[C@@H]5O[C@H](CO[C@@H]6O[C@H](CO)[C@@H](O)[C@H](O)[C@H]6O)[C@@H](O)[C@H](O)[C@H]5O)C4(C)C)[C@]3(C)[C@H](O)C[C@]12C. The summed E-state index contributed by atoms with van der Waals surface area (Å²) in [6, 6.07) is 0. The van der Waals surface area contributed by atoms with E-state index in [1.165, 1.54) is 13.8 Å². The molecule has 35 atom stereocenters. The van der Waals surface area contributed by atoms with Crippen molar-refractivity contribution in [1.29, 1.82) is 0 Å². The molecule has 516 valence electrons. The van der Waals surface area contributed by atoms with Crippen LogP contribution in [0.2, 0.25) is 0 Å². The maximum atomic E-state index is 12.8. The molecule has 5 heterocycles. The van der Waals surface area contributed by atoms with E-state index in [0.29, 0.717) is 32.1 Å². The third kappa shape index (κ3) is 13.1. The van der Waals surface area contributed by atoms with Crippen LogP contribution >= 0.6 is 0 Å². The molecule has 19 N–H and O–H groups in total. The molecule has 0 amide bonds. The fraction of sp³-hybridized carbons (Fsp3) is 0.967. The van der Waals surface area contributed by atoms with Crippen LogP contribution in [-0.4, -0.2) is 308 Å². The van der Waals surface area contributed by atoms with Crippen molar-refractivity contribution in [3.05, 3.63) is 11.6 Å². The first-order valence-electron chi connectivity index (χ1n) is 31.6. The molecular weight excluding hydrogens is 1180 g/mol. The van der Waals surface area contributed by atoms with Crippen LogP contribution in [0.5, 0.6) is 0 Å². The third-order valence-corrected chi connectivity index (χ3v) is 22.9. The van der Waals surface area contributed by atoms with E-state index < -0.39 is 227 Å². The van der Waals surface area contributed by atoms with Gasteiger partial charge in [-0.15, -0.1) is 0 Å². The Hall–Kier alpha value is -1.42. The molecule has 8 fully saturated rings. The van der Waals surface area contributed by atoms with E-state index >= 15 is 0 Å². The van der Waals surface area contributed by atoms with E-state index in [4.69, 9.17) is 47.4 Å². The number of aliphatic hydroxyl groups excluding tert-OH is 18. The Kier molecular flexibility index (Phi) is 22.3. The van der Waals surface area contributed by atoms with Gasteiger partial charge in [0.25, 0.3) is 0 Å². The van der Waals surface area contributed by atoms with Gasteiger partial charge < -0.3 is 144 Å². The number of rotatable bonds is 20. The Bertz CT molecular complexity index is 2340. The maximum absolute atomic E-state index is 12.8. The number of fused-ring (bicyclic) bond motifs is 5. The van der Waals surface area contributed by atoms with E-state index in [2.05, 4.69) is 33.8 Å². The van der Waals surface area contributed by atoms with Gasteiger partial charge in [0, 0.05) is 10.8 Å². The van der Waals surface area contributed by atoms with Gasteiger partial charge in [-0.2, -0.15) is 0 Å². The minimum Gasteiger partial charge on any atom is -0.394 e. The molecule has 29 nitrogen and oxygen atoms in total. The molecule has 89 heavy (non-hydrogen) atoms. The number of aliphatic hydroxyl groups is 19. The van der Waals surface area contributed by atoms with Crippen molar-refractivity contribution >= 4 is 0 Å². The van der Waals surface area contributed by atoms with Gasteiger partial charge in [0.1, 0.15) is 122 Å². The van der Waals surface area contributed by atoms with Crippen LogP contribution in [0, 0.1) is 45.3 Å². The summed E-state index contributed by atoms with van der Waals surface area (Å²) in [5.74, 6) is -0.0172. The van der Waals surface area contributed by atoms with E-state index in [9.17, 15) is 97.0 Å². The molecule has 0 spiro atoms. The number of ether oxygens (including phenoxy) is 10. The van der Waals surface area contributed by atoms with E-state index in [1.54, 1.807) is 0 Å². The molecule has 5 aliphatic heterocycles. The summed E-state index contributed by atoms with van der Waals surface area (Å²) in [7, 11) is 0. The number of hydrogen-bond acceptors (Lipinski definition) is 29. The topological polar surface area (TPSA) is 477 Å². The summed E-state index contributed by atoms with van der Waals surface area (Å²) < 4.78 is 59.3. The van der Waals surface area contributed by atoms with Crippen molar-refractivity contribution in [1.82, 2.24) is 0 Å². The molecule has 3 unspecified atom stereocenters. The molecule has 5 saturated heterocycles. The molecule has 0 radical (unpaired) electrons. The second-order valence-electron chi connectivity index (χ2n) is 28.7. The molecule has 0 aromatic heterocycles. The highest BCUT2D eigenvalue weighted by atomic mass is 16.8. The van der Waals surface area contributed by atoms with Gasteiger partial charge in [-0.3, -0.25) is 0 Å². The van der Waals surface area contributed by atoms with Crippen LogP contribution in [0.25, 0.3) is 0 Å². The van der Waals surface area contributed by atoms with Crippen molar-refractivity contribution in [3.63, 3.8) is 0 Å². The van der Waals surface area contributed by atoms with Gasteiger partial charge in [0.05, 0.1) is 56.9 Å². The van der Waals surface area contributed by atoms with E-state index in [-0.39, 0.29) is 35.5 Å². The van der Waals surface area contributed by atoms with Crippen molar-refractivity contribution in [2.24, 2.45) is 45.3 Å². The molecule has 9 rings (SSSR count). The van der Waals surface area contributed by atoms with Gasteiger partial charge in [-0.25, -0.2) is 0 Å². The molecule has 9 aliphatic rings. The van der Waals surface area contributed by atoms with Crippen molar-refractivity contribution < 1.29 is 144 Å². The second-order valence-corrected chi connectivity index (χ2v) is 28.7. The van der Waals surface area contributed by atoms with Crippen molar-refractivity contribution in [2.75, 3.05) is 33.0 Å². The maximum Gasteiger partial charge on any atom is 0.187 e. The zero-order valence-electron chi connectivity index (χ0n) is 51.8. The molecule has 0 aromatic rings. The third-order valence-electron chi connectivity index (χ3n) is 22.9. The van der Waals surface area contributed by atoms with Crippen LogP contribution in [0.4, 0.5) is 0 Å². The summed E-state index contributed by atoms with van der Waals surface area (Å²) in [5, 5.41) is 205. The van der Waals surface area contributed by atoms with Gasteiger partial charge in [0.15, 0.2) is 31.5 Å². The molecule has 0 aromatic carbocycles. The zero-order valence-corrected chi connectivity index (χ0v) is 51.8. The van der Waals surface area contributed by atoms with Gasteiger partial charge >= 0.3 is 0 Å². The predicted octanol–water partition coefficient (Wildman–Crippen LogP) is -5.41. The van der Waals surface area contributed by atoms with Crippen molar-refractivity contribution in [3.8, 4) is 0 Å². The Labute approximate surface area is 517 Å². The Morgan fingerprint density at radius 2 is 0.955 bits per heavy atom. The van der Waals surface area contributed by atoms with Crippen LogP contribution < -0.4 is 0 Å². The van der Waals surface area contributed by atoms with Crippen molar-refractivity contribution in [2.45, 2.75) is 284 Å². The first kappa shape index (κ1) is 71.9. The summed E-state index contributed by atoms with van der Waals surface area (Å²) in [5.41, 5.74) is -2.49. The van der Waals surface area contributed by atoms with Crippen LogP contribution in [0.3, 0.4) is 0 Å². The predicted molar refractivity (Wildman–Crippen MR) is 300 cm³/mol. The van der Waals surface area contributed by atoms with Gasteiger partial charge in [-0.05, 0) is 99.7 Å². The zero-order chi connectivity index (χ0) is 65.5. The fourth-order valence-electron chi connectivity index (χ4n) is 17.0. The average molecular weight is 1290 g/mol. The highest BCUT2D eigenvalue weighted by Crippen LogP contribution is 2.75. The lowest BCUT2D eigenvalue weighted by atomic mass is 9.38. The highest BCUT2D eigenvalue weighted by Gasteiger charge is 2.70. The molecule has 29 heteroatoms. The summed E-state index contributed by atoms with van der Waals surface area (Å²) in [4.78, 5) is 0. The van der Waals surface area contributed by atoms with E-state index in [1.807, 2.05) is 13.8 Å². The summed E-state index contributed by atoms with van der Waals surface area (Å²) >= 11 is 0. The minimum atomic E-state index is -1.96. The largest absolute Gasteiger partial charge is 0.394 e. The molecule has 3 saturated carbocycles. The second kappa shape index (κ2) is 27.6. The van der Waals surface area contributed by atoms with Crippen LogP contribution in [-0.2, 0) is 47.4 Å². The van der Waals surface area contributed by atoms with Crippen LogP contribution in [0.15, 0.2) is 11.6 Å². The lowest BCUT2D eigenvalue weighted by Gasteiger charge is -2.67. The lowest BCUT2D eigenvalue weighted by molar-refractivity contribution is -0.380. The van der Waals surface area contributed by atoms with Gasteiger partial charge in [0.2, 0.25) is 0 Å². The minimum absolute atomic E-state index is 0.0310. The standard InChI is InChI=1S/C60H102O29/c1-23(9-13-35(57(4,5)79)88-55-50(89-54-49(78)43(72)38(67)29(20-63)84-54)45(74)40(69)31(86-55)22-81-52-47(76)42(71)37(66)28(19-62)83-52)24-15-16-58(6)32-12-10-25-26(60(32,8)33(64)17-59(24,58)7)11-14-34(56(25,2)3)87-53-48(77)44(73)39(68)30(85-53)21-80-51-46(75)41(70)36(65)27(18-61)82-51/h10,23-24,26-55,61-79H,9,11-22H2,1-8H3/t23-,24-,26?,27-,28-,29-,30-,31-,32?,33-,34+,35-,36-,37-,38-,39-,40-,41+,42+,43+,44+,45+,46-,47-,48-,49-,50-,51-,52-,53+,54+,55+,58?,59-,60+/m1/s1.